The SMILES string of the molecule is Cc1cc(C)n(Cc2ccc(C(=O)NC3CCCCCC3)cc2)n1. The number of aromatic nitrogens is 2. The molecule has 0 atom stereocenters. The Labute approximate surface area is 144 Å². The van der Waals surface area contributed by atoms with E-state index in [2.05, 4.69) is 23.4 Å². The summed E-state index contributed by atoms with van der Waals surface area (Å²) in [4.78, 5) is 12.4. The van der Waals surface area contributed by atoms with E-state index in [-0.39, 0.29) is 5.91 Å². The van der Waals surface area contributed by atoms with Gasteiger partial charge in [0, 0.05) is 17.3 Å². The Balaban J connectivity index is 1.61. The van der Waals surface area contributed by atoms with Crippen LogP contribution in [-0.4, -0.2) is 21.7 Å². The minimum Gasteiger partial charge on any atom is -0.349 e. The Morgan fingerprint density at radius 3 is 2.38 bits per heavy atom. The minimum absolute atomic E-state index is 0.0552. The maximum atomic E-state index is 12.4. The maximum absolute atomic E-state index is 12.4. The van der Waals surface area contributed by atoms with Crippen LogP contribution in [0.1, 0.15) is 65.8 Å². The van der Waals surface area contributed by atoms with E-state index in [1.165, 1.54) is 25.7 Å². The zero-order valence-electron chi connectivity index (χ0n) is 14.7. The van der Waals surface area contributed by atoms with Crippen LogP contribution in [0.3, 0.4) is 0 Å². The summed E-state index contributed by atoms with van der Waals surface area (Å²) < 4.78 is 2.00. The van der Waals surface area contributed by atoms with Gasteiger partial charge in [-0.3, -0.25) is 9.48 Å². The lowest BCUT2D eigenvalue weighted by Crippen LogP contribution is -2.34. The van der Waals surface area contributed by atoms with E-state index in [1.54, 1.807) is 0 Å². The van der Waals surface area contributed by atoms with E-state index in [0.29, 0.717) is 6.04 Å². The quantitative estimate of drug-likeness (QED) is 0.864. The second-order valence-electron chi connectivity index (χ2n) is 6.94. The van der Waals surface area contributed by atoms with Gasteiger partial charge in [0.1, 0.15) is 0 Å². The normalized spacial score (nSPS) is 15.9. The van der Waals surface area contributed by atoms with Crippen molar-refractivity contribution in [3.8, 4) is 0 Å². The number of amides is 1. The number of nitrogens with zero attached hydrogens (tertiary/aromatic N) is 2. The lowest BCUT2D eigenvalue weighted by molar-refractivity contribution is 0.0933. The lowest BCUT2D eigenvalue weighted by Gasteiger charge is -2.16. The van der Waals surface area contributed by atoms with Gasteiger partial charge < -0.3 is 5.32 Å². The number of carbonyl (C=O) groups is 1. The van der Waals surface area contributed by atoms with Crippen LogP contribution in [0.2, 0.25) is 0 Å². The molecule has 1 heterocycles. The first-order valence-electron chi connectivity index (χ1n) is 9.03. The van der Waals surface area contributed by atoms with Gasteiger partial charge in [0.2, 0.25) is 0 Å². The molecule has 1 amide bonds. The van der Waals surface area contributed by atoms with Crippen molar-refractivity contribution in [1.29, 1.82) is 0 Å². The summed E-state index contributed by atoms with van der Waals surface area (Å²) in [6.07, 6.45) is 7.28. The van der Waals surface area contributed by atoms with Crippen LogP contribution in [0.25, 0.3) is 0 Å². The molecule has 0 spiro atoms. The Morgan fingerprint density at radius 2 is 1.79 bits per heavy atom. The number of rotatable bonds is 4. The molecule has 0 aliphatic heterocycles. The number of benzene rings is 1. The second-order valence-corrected chi connectivity index (χ2v) is 6.94. The number of hydrogen-bond acceptors (Lipinski definition) is 2. The molecule has 0 unspecified atom stereocenters. The highest BCUT2D eigenvalue weighted by Gasteiger charge is 2.15. The minimum atomic E-state index is 0.0552. The molecule has 1 saturated carbocycles. The average Bonchev–Trinajstić information content (AvgIpc) is 2.76. The molecule has 0 saturated heterocycles. The third-order valence-corrected chi connectivity index (χ3v) is 4.84. The highest BCUT2D eigenvalue weighted by molar-refractivity contribution is 5.94. The lowest BCUT2D eigenvalue weighted by atomic mass is 10.1. The zero-order valence-corrected chi connectivity index (χ0v) is 14.7. The summed E-state index contributed by atoms with van der Waals surface area (Å²) in [6, 6.07) is 10.3. The van der Waals surface area contributed by atoms with E-state index in [1.807, 2.05) is 35.9 Å². The van der Waals surface area contributed by atoms with E-state index in [4.69, 9.17) is 0 Å². The Morgan fingerprint density at radius 1 is 1.12 bits per heavy atom. The van der Waals surface area contributed by atoms with Crippen molar-refractivity contribution in [2.24, 2.45) is 0 Å². The number of nitrogens with one attached hydrogen (secondary N) is 1. The Kier molecular flexibility index (Phi) is 5.34. The van der Waals surface area contributed by atoms with Gasteiger partial charge in [-0.15, -0.1) is 0 Å². The zero-order chi connectivity index (χ0) is 16.9. The van der Waals surface area contributed by atoms with Crippen LogP contribution in [-0.2, 0) is 6.54 Å². The fourth-order valence-electron chi connectivity index (χ4n) is 3.46. The van der Waals surface area contributed by atoms with Crippen molar-refractivity contribution in [3.05, 3.63) is 52.8 Å². The van der Waals surface area contributed by atoms with Crippen molar-refractivity contribution in [2.45, 2.75) is 65.0 Å². The molecule has 1 N–H and O–H groups in total. The van der Waals surface area contributed by atoms with Gasteiger partial charge >= 0.3 is 0 Å². The molecule has 1 aliphatic rings. The van der Waals surface area contributed by atoms with Gasteiger partial charge in [-0.1, -0.05) is 37.8 Å². The molecule has 1 aromatic carbocycles. The average molecular weight is 325 g/mol. The van der Waals surface area contributed by atoms with E-state index in [0.717, 1.165) is 41.9 Å². The first kappa shape index (κ1) is 16.7. The van der Waals surface area contributed by atoms with Gasteiger partial charge in [0.25, 0.3) is 5.91 Å². The molecule has 0 bridgehead atoms. The van der Waals surface area contributed by atoms with E-state index in [9.17, 15) is 4.79 Å². The summed E-state index contributed by atoms with van der Waals surface area (Å²) in [6.45, 7) is 4.81. The summed E-state index contributed by atoms with van der Waals surface area (Å²) in [5.41, 5.74) is 4.10. The molecule has 1 aromatic heterocycles. The van der Waals surface area contributed by atoms with Crippen molar-refractivity contribution < 1.29 is 4.79 Å². The van der Waals surface area contributed by atoms with Crippen LogP contribution >= 0.6 is 0 Å². The molecule has 1 aliphatic carbocycles. The Hall–Kier alpha value is -2.10. The van der Waals surface area contributed by atoms with Crippen molar-refractivity contribution >= 4 is 5.91 Å². The molecule has 4 heteroatoms. The third kappa shape index (κ3) is 4.25. The molecular formula is C20H27N3O. The highest BCUT2D eigenvalue weighted by atomic mass is 16.1. The predicted molar refractivity (Wildman–Crippen MR) is 96.2 cm³/mol. The van der Waals surface area contributed by atoms with Crippen LogP contribution in [0.5, 0.6) is 0 Å². The summed E-state index contributed by atoms with van der Waals surface area (Å²) in [7, 11) is 0. The van der Waals surface area contributed by atoms with Crippen LogP contribution in [0.15, 0.2) is 30.3 Å². The van der Waals surface area contributed by atoms with Gasteiger partial charge in [0.05, 0.1) is 12.2 Å². The topological polar surface area (TPSA) is 46.9 Å². The van der Waals surface area contributed by atoms with Crippen LogP contribution < -0.4 is 5.32 Å². The first-order valence-corrected chi connectivity index (χ1v) is 9.03. The predicted octanol–water partition coefficient (Wildman–Crippen LogP) is 4.00. The standard InChI is InChI=1S/C20H27N3O/c1-15-13-16(2)23(22-15)14-17-9-11-18(12-10-17)20(24)21-19-7-5-3-4-6-8-19/h9-13,19H,3-8,14H2,1-2H3,(H,21,24). The summed E-state index contributed by atoms with van der Waals surface area (Å²) >= 11 is 0. The van der Waals surface area contributed by atoms with E-state index >= 15 is 0 Å². The van der Waals surface area contributed by atoms with Crippen LogP contribution in [0, 0.1) is 13.8 Å². The van der Waals surface area contributed by atoms with Crippen molar-refractivity contribution in [3.63, 3.8) is 0 Å². The first-order chi connectivity index (χ1) is 11.6. The smallest absolute Gasteiger partial charge is 0.251 e. The Bertz CT molecular complexity index is 679. The molecule has 128 valence electrons. The fraction of sp³-hybridized carbons (Fsp3) is 0.500. The van der Waals surface area contributed by atoms with Gasteiger partial charge in [-0.05, 0) is 50.5 Å². The van der Waals surface area contributed by atoms with Crippen LogP contribution in [0.4, 0.5) is 0 Å². The third-order valence-electron chi connectivity index (χ3n) is 4.84. The number of hydrogen-bond donors (Lipinski definition) is 1. The largest absolute Gasteiger partial charge is 0.349 e. The second kappa shape index (κ2) is 7.65. The molecule has 1 fully saturated rings. The number of carbonyl (C=O) groups excluding carboxylic acids is 1. The molecule has 2 aromatic rings. The maximum Gasteiger partial charge on any atom is 0.251 e. The monoisotopic (exact) mass is 325 g/mol. The van der Waals surface area contributed by atoms with E-state index < -0.39 is 0 Å². The molecule has 3 rings (SSSR count). The van der Waals surface area contributed by atoms with Gasteiger partial charge in [-0.2, -0.15) is 5.10 Å². The fourth-order valence-corrected chi connectivity index (χ4v) is 3.46. The van der Waals surface area contributed by atoms with Crippen molar-refractivity contribution in [2.75, 3.05) is 0 Å². The molecule has 4 nitrogen and oxygen atoms in total. The number of aryl methyl sites for hydroxylation is 2. The summed E-state index contributed by atoms with van der Waals surface area (Å²) in [5, 5.41) is 7.69. The summed E-state index contributed by atoms with van der Waals surface area (Å²) in [5.74, 6) is 0.0552. The molecular weight excluding hydrogens is 298 g/mol. The molecule has 24 heavy (non-hydrogen) atoms. The van der Waals surface area contributed by atoms with Gasteiger partial charge in [0.15, 0.2) is 0 Å². The van der Waals surface area contributed by atoms with Gasteiger partial charge in [-0.25, -0.2) is 0 Å². The van der Waals surface area contributed by atoms with Crippen molar-refractivity contribution in [1.82, 2.24) is 15.1 Å². The molecule has 0 radical (unpaired) electrons. The highest BCUT2D eigenvalue weighted by Crippen LogP contribution is 2.18.